The number of imidazole rings is 1. The molecule has 108 valence electrons. The van der Waals surface area contributed by atoms with Crippen molar-refractivity contribution in [3.63, 3.8) is 0 Å². The molecule has 0 saturated heterocycles. The zero-order valence-corrected chi connectivity index (χ0v) is 12.1. The van der Waals surface area contributed by atoms with E-state index in [0.717, 1.165) is 25.7 Å². The first kappa shape index (κ1) is 12.7. The van der Waals surface area contributed by atoms with Crippen molar-refractivity contribution in [1.29, 1.82) is 0 Å². The Hall–Kier alpha value is -2.07. The van der Waals surface area contributed by atoms with Crippen molar-refractivity contribution in [3.8, 4) is 0 Å². The largest absolute Gasteiger partial charge is 0.346 e. The first-order valence-corrected chi connectivity index (χ1v) is 7.65. The van der Waals surface area contributed by atoms with Gasteiger partial charge in [-0.2, -0.15) is 0 Å². The van der Waals surface area contributed by atoms with Gasteiger partial charge in [0, 0.05) is 49.8 Å². The fourth-order valence-electron chi connectivity index (χ4n) is 2.73. The van der Waals surface area contributed by atoms with Crippen molar-refractivity contribution in [3.05, 3.63) is 54.7 Å². The molecule has 0 atom stereocenters. The molecule has 2 aromatic heterocycles. The summed E-state index contributed by atoms with van der Waals surface area (Å²) in [7, 11) is 0. The van der Waals surface area contributed by atoms with Gasteiger partial charge in [0.2, 0.25) is 0 Å². The predicted octanol–water partition coefficient (Wildman–Crippen LogP) is 2.79. The Morgan fingerprint density at radius 3 is 2.90 bits per heavy atom. The molecule has 1 aromatic carbocycles. The van der Waals surface area contributed by atoms with Crippen LogP contribution < -0.4 is 5.32 Å². The highest BCUT2D eigenvalue weighted by Gasteiger charge is 2.19. The highest BCUT2D eigenvalue weighted by molar-refractivity contribution is 5.80. The maximum atomic E-state index is 4.09. The third kappa shape index (κ3) is 2.85. The molecule has 0 aliphatic heterocycles. The van der Waals surface area contributed by atoms with E-state index in [0.29, 0.717) is 0 Å². The molecule has 0 spiro atoms. The summed E-state index contributed by atoms with van der Waals surface area (Å²) in [6.07, 6.45) is 10.6. The molecule has 1 fully saturated rings. The van der Waals surface area contributed by atoms with E-state index in [1.54, 1.807) is 0 Å². The molecular weight excluding hydrogens is 260 g/mol. The lowest BCUT2D eigenvalue weighted by Crippen LogP contribution is -2.15. The molecule has 1 N–H and O–H groups in total. The molecule has 0 amide bonds. The Morgan fingerprint density at radius 1 is 1.14 bits per heavy atom. The molecule has 0 bridgehead atoms. The third-order valence-electron chi connectivity index (χ3n) is 4.17. The summed E-state index contributed by atoms with van der Waals surface area (Å²) in [6.45, 7) is 2.90. The smallest absolute Gasteiger partial charge is 0.0946 e. The van der Waals surface area contributed by atoms with Crippen molar-refractivity contribution in [2.24, 2.45) is 0 Å². The van der Waals surface area contributed by atoms with Crippen molar-refractivity contribution >= 4 is 10.9 Å². The average Bonchev–Trinajstić information content (AvgIpc) is 3.03. The second-order valence-electron chi connectivity index (χ2n) is 5.86. The summed E-state index contributed by atoms with van der Waals surface area (Å²) in [6, 6.07) is 9.74. The minimum atomic E-state index is 0.758. The van der Waals surface area contributed by atoms with E-state index < -0.39 is 0 Å². The fraction of sp³-hybridized carbons (Fsp3) is 0.353. The highest BCUT2D eigenvalue weighted by atomic mass is 15.1. The minimum Gasteiger partial charge on any atom is -0.346 e. The molecule has 4 heteroatoms. The number of aryl methyl sites for hydroxylation is 2. The molecule has 0 radical (unpaired) electrons. The molecule has 1 aliphatic rings. The Balaban J connectivity index is 1.51. The van der Waals surface area contributed by atoms with Gasteiger partial charge in [-0.05, 0) is 35.9 Å². The fourth-order valence-corrected chi connectivity index (χ4v) is 2.73. The van der Waals surface area contributed by atoms with Crippen LogP contribution in [-0.4, -0.2) is 20.2 Å². The van der Waals surface area contributed by atoms with Gasteiger partial charge in [-0.25, -0.2) is 4.98 Å². The Bertz CT molecular complexity index is 722. The van der Waals surface area contributed by atoms with Crippen molar-refractivity contribution in [2.45, 2.75) is 38.5 Å². The lowest BCUT2D eigenvalue weighted by atomic mass is 10.1. The first-order valence-electron chi connectivity index (χ1n) is 7.65. The van der Waals surface area contributed by atoms with Crippen LogP contribution in [0.1, 0.15) is 18.4 Å². The summed E-state index contributed by atoms with van der Waals surface area (Å²) in [5, 5.41) is 4.90. The molecular formula is C17H20N4. The zero-order valence-electron chi connectivity index (χ0n) is 12.1. The van der Waals surface area contributed by atoms with E-state index in [1.165, 1.54) is 29.3 Å². The van der Waals surface area contributed by atoms with Gasteiger partial charge in [-0.15, -0.1) is 0 Å². The Labute approximate surface area is 124 Å². The lowest BCUT2D eigenvalue weighted by molar-refractivity contribution is 0.591. The topological polar surface area (TPSA) is 34.8 Å². The zero-order chi connectivity index (χ0) is 14.1. The normalized spacial score (nSPS) is 14.9. The average molecular weight is 280 g/mol. The van der Waals surface area contributed by atoms with Crippen LogP contribution >= 0.6 is 0 Å². The first-order chi connectivity index (χ1) is 10.4. The molecule has 21 heavy (non-hydrogen) atoms. The number of nitrogens with zero attached hydrogens (tertiary/aromatic N) is 3. The number of nitrogens with one attached hydrogen (secondary N) is 1. The van der Waals surface area contributed by atoms with Gasteiger partial charge in [0.1, 0.15) is 0 Å². The van der Waals surface area contributed by atoms with Crippen molar-refractivity contribution in [2.75, 3.05) is 0 Å². The standard InChI is InChI=1S/C17H20N4/c1-2-15-5-7-21(10-9-20-8-6-18-13-20)17(15)11-14(1)12-19-16-3-4-16/h1-2,5-8,11,13,16,19H,3-4,9-10,12H2. The second kappa shape index (κ2) is 5.37. The van der Waals surface area contributed by atoms with Gasteiger partial charge >= 0.3 is 0 Å². The summed E-state index contributed by atoms with van der Waals surface area (Å²) >= 11 is 0. The molecule has 2 heterocycles. The Morgan fingerprint density at radius 2 is 2.10 bits per heavy atom. The van der Waals surface area contributed by atoms with E-state index in [4.69, 9.17) is 0 Å². The lowest BCUT2D eigenvalue weighted by Gasteiger charge is -2.08. The van der Waals surface area contributed by atoms with Crippen LogP contribution in [0.4, 0.5) is 0 Å². The van der Waals surface area contributed by atoms with E-state index in [1.807, 2.05) is 18.7 Å². The van der Waals surface area contributed by atoms with E-state index in [9.17, 15) is 0 Å². The molecule has 1 saturated carbocycles. The van der Waals surface area contributed by atoms with Crippen LogP contribution in [0.5, 0.6) is 0 Å². The van der Waals surface area contributed by atoms with Crippen LogP contribution in [0.15, 0.2) is 49.2 Å². The molecule has 0 unspecified atom stereocenters. The SMILES string of the molecule is c1cn(CCn2ccc3ccc(CNC4CC4)cc32)cn1. The van der Waals surface area contributed by atoms with Gasteiger partial charge in [0.25, 0.3) is 0 Å². The molecule has 3 aromatic rings. The van der Waals surface area contributed by atoms with E-state index in [2.05, 4.69) is 49.9 Å². The number of rotatable bonds is 6. The summed E-state index contributed by atoms with van der Waals surface area (Å²) in [4.78, 5) is 4.09. The number of fused-ring (bicyclic) bond motifs is 1. The molecule has 4 nitrogen and oxygen atoms in total. The van der Waals surface area contributed by atoms with Gasteiger partial charge in [0.15, 0.2) is 0 Å². The van der Waals surface area contributed by atoms with Gasteiger partial charge in [0.05, 0.1) is 6.33 Å². The quantitative estimate of drug-likeness (QED) is 0.753. The van der Waals surface area contributed by atoms with Crippen molar-refractivity contribution < 1.29 is 0 Å². The number of aromatic nitrogens is 3. The van der Waals surface area contributed by atoms with Crippen LogP contribution in [-0.2, 0) is 19.6 Å². The van der Waals surface area contributed by atoms with E-state index in [-0.39, 0.29) is 0 Å². The van der Waals surface area contributed by atoms with Crippen LogP contribution in [0.2, 0.25) is 0 Å². The monoisotopic (exact) mass is 280 g/mol. The maximum Gasteiger partial charge on any atom is 0.0946 e. The van der Waals surface area contributed by atoms with Crippen molar-refractivity contribution in [1.82, 2.24) is 19.4 Å². The number of benzene rings is 1. The molecule has 4 rings (SSSR count). The van der Waals surface area contributed by atoms with Crippen LogP contribution in [0, 0.1) is 0 Å². The van der Waals surface area contributed by atoms with E-state index >= 15 is 0 Å². The maximum absolute atomic E-state index is 4.09. The third-order valence-corrected chi connectivity index (χ3v) is 4.17. The van der Waals surface area contributed by atoms with Crippen LogP contribution in [0.25, 0.3) is 10.9 Å². The Kier molecular flexibility index (Phi) is 3.24. The predicted molar refractivity (Wildman–Crippen MR) is 84.0 cm³/mol. The van der Waals surface area contributed by atoms with Gasteiger partial charge < -0.3 is 14.5 Å². The van der Waals surface area contributed by atoms with Crippen LogP contribution in [0.3, 0.4) is 0 Å². The summed E-state index contributed by atoms with van der Waals surface area (Å²) in [5.74, 6) is 0. The van der Waals surface area contributed by atoms with Gasteiger partial charge in [-0.3, -0.25) is 0 Å². The van der Waals surface area contributed by atoms with Gasteiger partial charge in [-0.1, -0.05) is 12.1 Å². The second-order valence-corrected chi connectivity index (χ2v) is 5.86. The highest BCUT2D eigenvalue weighted by Crippen LogP contribution is 2.21. The summed E-state index contributed by atoms with van der Waals surface area (Å²) < 4.78 is 4.44. The number of hydrogen-bond donors (Lipinski definition) is 1. The minimum absolute atomic E-state index is 0.758. The number of hydrogen-bond acceptors (Lipinski definition) is 2. The molecule has 1 aliphatic carbocycles. The summed E-state index contributed by atoms with van der Waals surface area (Å²) in [5.41, 5.74) is 2.70.